The van der Waals surface area contributed by atoms with E-state index >= 15 is 0 Å². The summed E-state index contributed by atoms with van der Waals surface area (Å²) in [7, 11) is 1.67. The molecule has 0 unspecified atom stereocenters. The third-order valence-corrected chi connectivity index (χ3v) is 2.55. The van der Waals surface area contributed by atoms with E-state index in [9.17, 15) is 9.18 Å². The number of rotatable bonds is 8. The molecular formula is C13H18FNO3. The Hall–Kier alpha value is -1.46. The number of hydrogen-bond donors (Lipinski definition) is 2. The van der Waals surface area contributed by atoms with Gasteiger partial charge in [0.2, 0.25) is 0 Å². The average molecular weight is 255 g/mol. The maximum Gasteiger partial charge on any atom is 0.338 e. The predicted molar refractivity (Wildman–Crippen MR) is 66.2 cm³/mol. The first-order valence-corrected chi connectivity index (χ1v) is 5.86. The van der Waals surface area contributed by atoms with Gasteiger partial charge in [-0.3, -0.25) is 0 Å². The summed E-state index contributed by atoms with van der Waals surface area (Å²) in [4.78, 5) is 10.6. The van der Waals surface area contributed by atoms with E-state index in [2.05, 4.69) is 5.32 Å². The molecule has 1 aromatic carbocycles. The Bertz CT molecular complexity index is 396. The third-order valence-electron chi connectivity index (χ3n) is 2.55. The van der Waals surface area contributed by atoms with Crippen LogP contribution in [0.1, 0.15) is 28.8 Å². The molecule has 2 N–H and O–H groups in total. The molecule has 1 rings (SSSR count). The number of unbranched alkanes of at least 4 members (excludes halogenated alkanes) is 1. The highest BCUT2D eigenvalue weighted by Crippen LogP contribution is 2.10. The number of carboxylic acid groups (broad SMARTS) is 1. The molecule has 100 valence electrons. The third kappa shape index (κ3) is 4.81. The second-order valence-corrected chi connectivity index (χ2v) is 4.00. The van der Waals surface area contributed by atoms with E-state index < -0.39 is 11.8 Å². The zero-order valence-corrected chi connectivity index (χ0v) is 10.4. The molecule has 0 saturated carbocycles. The molecule has 0 aliphatic carbocycles. The summed E-state index contributed by atoms with van der Waals surface area (Å²) in [6.45, 7) is 2.10. The second-order valence-electron chi connectivity index (χ2n) is 4.00. The number of ether oxygens (including phenoxy) is 1. The predicted octanol–water partition coefficient (Wildman–Crippen LogP) is 2.04. The van der Waals surface area contributed by atoms with Gasteiger partial charge in [0, 0.05) is 20.3 Å². The quantitative estimate of drug-likeness (QED) is 0.698. The Morgan fingerprint density at radius 2 is 2.22 bits per heavy atom. The first-order chi connectivity index (χ1) is 8.65. The molecule has 1 aromatic rings. The van der Waals surface area contributed by atoms with Crippen molar-refractivity contribution >= 4 is 5.97 Å². The van der Waals surface area contributed by atoms with Crippen LogP contribution in [0.2, 0.25) is 0 Å². The first kappa shape index (κ1) is 14.6. The first-order valence-electron chi connectivity index (χ1n) is 5.86. The topological polar surface area (TPSA) is 58.6 Å². The van der Waals surface area contributed by atoms with Crippen LogP contribution in [-0.2, 0) is 11.3 Å². The van der Waals surface area contributed by atoms with Crippen molar-refractivity contribution in [3.63, 3.8) is 0 Å². The van der Waals surface area contributed by atoms with E-state index in [-0.39, 0.29) is 5.56 Å². The SMILES string of the molecule is COCCCCNCc1ccc(C(=O)O)c(F)c1. The van der Waals surface area contributed by atoms with Gasteiger partial charge in [0.05, 0.1) is 5.56 Å². The molecule has 0 spiro atoms. The summed E-state index contributed by atoms with van der Waals surface area (Å²) >= 11 is 0. The van der Waals surface area contributed by atoms with E-state index in [4.69, 9.17) is 9.84 Å². The van der Waals surface area contributed by atoms with Gasteiger partial charge in [-0.15, -0.1) is 0 Å². The van der Waals surface area contributed by atoms with Gasteiger partial charge in [-0.2, -0.15) is 0 Å². The molecule has 0 amide bonds. The van der Waals surface area contributed by atoms with Crippen molar-refractivity contribution in [2.75, 3.05) is 20.3 Å². The summed E-state index contributed by atoms with van der Waals surface area (Å²) in [5.41, 5.74) is 0.447. The number of carboxylic acids is 1. The summed E-state index contributed by atoms with van der Waals surface area (Å²) in [5, 5.41) is 11.9. The molecular weight excluding hydrogens is 237 g/mol. The number of methoxy groups -OCH3 is 1. The molecule has 0 radical (unpaired) electrons. The van der Waals surface area contributed by atoms with E-state index in [0.717, 1.165) is 31.6 Å². The normalized spacial score (nSPS) is 10.6. The lowest BCUT2D eigenvalue weighted by atomic mass is 10.1. The average Bonchev–Trinajstić information content (AvgIpc) is 2.33. The molecule has 0 fully saturated rings. The molecule has 0 aliphatic rings. The molecule has 5 heteroatoms. The van der Waals surface area contributed by atoms with E-state index in [1.165, 1.54) is 12.1 Å². The Balaban J connectivity index is 2.35. The molecule has 0 aromatic heterocycles. The fraction of sp³-hybridized carbons (Fsp3) is 0.462. The summed E-state index contributed by atoms with van der Waals surface area (Å²) < 4.78 is 18.3. The second kappa shape index (κ2) is 7.79. The van der Waals surface area contributed by atoms with Gasteiger partial charge < -0.3 is 15.2 Å². The molecule has 0 atom stereocenters. The van der Waals surface area contributed by atoms with Crippen LogP contribution in [0.25, 0.3) is 0 Å². The summed E-state index contributed by atoms with van der Waals surface area (Å²) in [6, 6.07) is 4.17. The van der Waals surface area contributed by atoms with E-state index in [1.807, 2.05) is 0 Å². The number of benzene rings is 1. The van der Waals surface area contributed by atoms with Gasteiger partial charge in [0.15, 0.2) is 0 Å². The zero-order valence-electron chi connectivity index (χ0n) is 10.4. The maximum atomic E-state index is 13.4. The van der Waals surface area contributed by atoms with Crippen molar-refractivity contribution in [1.29, 1.82) is 0 Å². The Morgan fingerprint density at radius 1 is 1.44 bits per heavy atom. The van der Waals surface area contributed by atoms with Gasteiger partial charge >= 0.3 is 5.97 Å². The highest BCUT2D eigenvalue weighted by Gasteiger charge is 2.09. The lowest BCUT2D eigenvalue weighted by Gasteiger charge is -2.06. The molecule has 0 bridgehead atoms. The zero-order chi connectivity index (χ0) is 13.4. The number of halogens is 1. The Labute approximate surface area is 106 Å². The molecule has 0 heterocycles. The largest absolute Gasteiger partial charge is 0.478 e. The molecule has 0 saturated heterocycles. The van der Waals surface area contributed by atoms with Crippen molar-refractivity contribution < 1.29 is 19.0 Å². The van der Waals surface area contributed by atoms with Crippen LogP contribution in [0.5, 0.6) is 0 Å². The van der Waals surface area contributed by atoms with Gasteiger partial charge in [-0.25, -0.2) is 9.18 Å². The van der Waals surface area contributed by atoms with Crippen LogP contribution in [0, 0.1) is 5.82 Å². The minimum atomic E-state index is -1.24. The number of nitrogens with one attached hydrogen (secondary N) is 1. The van der Waals surface area contributed by atoms with E-state index in [0.29, 0.717) is 6.54 Å². The smallest absolute Gasteiger partial charge is 0.338 e. The van der Waals surface area contributed by atoms with Crippen LogP contribution < -0.4 is 5.32 Å². The standard InChI is InChI=1S/C13H18FNO3/c1-18-7-3-2-6-15-9-10-4-5-11(13(16)17)12(14)8-10/h4-5,8,15H,2-3,6-7,9H2,1H3,(H,16,17). The van der Waals surface area contributed by atoms with Crippen molar-refractivity contribution in [2.45, 2.75) is 19.4 Å². The molecule has 0 aliphatic heterocycles. The highest BCUT2D eigenvalue weighted by atomic mass is 19.1. The Kier molecular flexibility index (Phi) is 6.32. The van der Waals surface area contributed by atoms with E-state index in [1.54, 1.807) is 13.2 Å². The van der Waals surface area contributed by atoms with Gasteiger partial charge in [-0.1, -0.05) is 6.07 Å². The monoisotopic (exact) mass is 255 g/mol. The van der Waals surface area contributed by atoms with Gasteiger partial charge in [0.25, 0.3) is 0 Å². The van der Waals surface area contributed by atoms with Crippen LogP contribution in [-0.4, -0.2) is 31.3 Å². The van der Waals surface area contributed by atoms with Crippen LogP contribution in [0.15, 0.2) is 18.2 Å². The fourth-order valence-electron chi connectivity index (χ4n) is 1.57. The van der Waals surface area contributed by atoms with Crippen molar-refractivity contribution in [3.05, 3.63) is 35.1 Å². The number of aromatic carboxylic acids is 1. The Morgan fingerprint density at radius 3 is 2.83 bits per heavy atom. The van der Waals surface area contributed by atoms with Crippen LogP contribution in [0.4, 0.5) is 4.39 Å². The lowest BCUT2D eigenvalue weighted by Crippen LogP contribution is -2.15. The number of carbonyl (C=O) groups is 1. The molecule has 4 nitrogen and oxygen atoms in total. The van der Waals surface area contributed by atoms with Gasteiger partial charge in [-0.05, 0) is 37.1 Å². The van der Waals surface area contributed by atoms with Crippen molar-refractivity contribution in [3.8, 4) is 0 Å². The van der Waals surface area contributed by atoms with Crippen molar-refractivity contribution in [1.82, 2.24) is 5.32 Å². The fourth-order valence-corrected chi connectivity index (χ4v) is 1.57. The maximum absolute atomic E-state index is 13.4. The highest BCUT2D eigenvalue weighted by molar-refractivity contribution is 5.87. The van der Waals surface area contributed by atoms with Crippen LogP contribution >= 0.6 is 0 Å². The van der Waals surface area contributed by atoms with Gasteiger partial charge in [0.1, 0.15) is 5.82 Å². The van der Waals surface area contributed by atoms with Crippen LogP contribution in [0.3, 0.4) is 0 Å². The minimum absolute atomic E-state index is 0.293. The summed E-state index contributed by atoms with van der Waals surface area (Å²) in [6.07, 6.45) is 1.97. The minimum Gasteiger partial charge on any atom is -0.478 e. The summed E-state index contributed by atoms with van der Waals surface area (Å²) in [5.74, 6) is -1.94. The molecule has 18 heavy (non-hydrogen) atoms. The number of hydrogen-bond acceptors (Lipinski definition) is 3. The van der Waals surface area contributed by atoms with Crippen molar-refractivity contribution in [2.24, 2.45) is 0 Å². The lowest BCUT2D eigenvalue weighted by molar-refractivity contribution is 0.0692.